The molecule has 2 heterocycles. The van der Waals surface area contributed by atoms with Gasteiger partial charge in [0.2, 0.25) is 0 Å². The Morgan fingerprint density at radius 1 is 1.27 bits per heavy atom. The Labute approximate surface area is 154 Å². The van der Waals surface area contributed by atoms with Gasteiger partial charge in [-0.1, -0.05) is 20.8 Å². The Morgan fingerprint density at radius 3 is 2.62 bits per heavy atom. The van der Waals surface area contributed by atoms with Gasteiger partial charge in [-0.05, 0) is 42.7 Å². The highest BCUT2D eigenvalue weighted by molar-refractivity contribution is 6.10. The van der Waals surface area contributed by atoms with Crippen molar-refractivity contribution in [1.82, 2.24) is 15.1 Å². The summed E-state index contributed by atoms with van der Waals surface area (Å²) >= 11 is 0. The molecule has 138 valence electrons. The number of methoxy groups -OCH3 is 1. The number of carbonyl (C=O) groups is 1. The second-order valence-corrected chi connectivity index (χ2v) is 6.58. The van der Waals surface area contributed by atoms with E-state index in [9.17, 15) is 4.79 Å². The van der Waals surface area contributed by atoms with Gasteiger partial charge in [0.05, 0.1) is 25.1 Å². The van der Waals surface area contributed by atoms with Crippen molar-refractivity contribution >= 4 is 17.3 Å². The van der Waals surface area contributed by atoms with Crippen molar-refractivity contribution < 1.29 is 9.53 Å². The van der Waals surface area contributed by atoms with Crippen LogP contribution in [0.15, 0.2) is 29.3 Å². The third-order valence-corrected chi connectivity index (χ3v) is 4.77. The first-order chi connectivity index (χ1) is 12.6. The molecule has 1 unspecified atom stereocenters. The molecule has 0 saturated carbocycles. The summed E-state index contributed by atoms with van der Waals surface area (Å²) in [5.74, 6) is 0.931. The first-order valence-electron chi connectivity index (χ1n) is 9.19. The van der Waals surface area contributed by atoms with E-state index in [0.717, 1.165) is 35.6 Å². The van der Waals surface area contributed by atoms with Crippen molar-refractivity contribution in [3.63, 3.8) is 0 Å². The number of nitrogens with one attached hydrogen (secondary N) is 1. The Kier molecular flexibility index (Phi) is 5.40. The number of hydrogen-bond acceptors (Lipinski definition) is 4. The van der Waals surface area contributed by atoms with Crippen LogP contribution in [0.2, 0.25) is 0 Å². The number of ether oxygens (including phenoxy) is 1. The summed E-state index contributed by atoms with van der Waals surface area (Å²) < 4.78 is 7.04. The fraction of sp³-hybridized carbons (Fsp3) is 0.450. The van der Waals surface area contributed by atoms with Crippen LogP contribution in [0.5, 0.6) is 5.75 Å². The molecule has 2 aromatic rings. The SMILES string of the molecule is CCCn1nc(C(C)CC)c2c1C(=O)NCC(c1ccc(OC)cc1)=N2. The molecule has 0 spiro atoms. The van der Waals surface area contributed by atoms with Gasteiger partial charge in [-0.25, -0.2) is 4.99 Å². The highest BCUT2D eigenvalue weighted by atomic mass is 16.5. The molecule has 0 radical (unpaired) electrons. The number of aliphatic imine (C=N–C) groups is 1. The molecule has 0 aliphatic carbocycles. The van der Waals surface area contributed by atoms with Crippen molar-refractivity contribution in [3.8, 4) is 5.75 Å². The molecule has 1 aromatic carbocycles. The summed E-state index contributed by atoms with van der Waals surface area (Å²) in [7, 11) is 1.64. The zero-order valence-electron chi connectivity index (χ0n) is 15.9. The standard InChI is InChI=1S/C20H26N4O2/c1-5-11-24-19-18(17(23-24)13(3)6-2)22-16(12-21-20(19)25)14-7-9-15(26-4)10-8-14/h7-10,13H,5-6,11-12H2,1-4H3,(H,21,25). The fourth-order valence-electron chi connectivity index (χ4n) is 3.08. The number of aryl methyl sites for hydroxylation is 1. The summed E-state index contributed by atoms with van der Waals surface area (Å²) in [6, 6.07) is 7.74. The second kappa shape index (κ2) is 7.72. The monoisotopic (exact) mass is 354 g/mol. The van der Waals surface area contributed by atoms with E-state index >= 15 is 0 Å². The number of fused-ring (bicyclic) bond motifs is 1. The molecule has 1 aliphatic heterocycles. The molecule has 3 rings (SSSR count). The van der Waals surface area contributed by atoms with Crippen LogP contribution >= 0.6 is 0 Å². The molecule has 0 fully saturated rings. The minimum Gasteiger partial charge on any atom is -0.497 e. The van der Waals surface area contributed by atoms with Crippen molar-refractivity contribution in [1.29, 1.82) is 0 Å². The minimum absolute atomic E-state index is 0.109. The lowest BCUT2D eigenvalue weighted by Gasteiger charge is -2.08. The Hall–Kier alpha value is -2.63. The lowest BCUT2D eigenvalue weighted by atomic mass is 10.0. The van der Waals surface area contributed by atoms with E-state index in [1.807, 2.05) is 28.9 Å². The van der Waals surface area contributed by atoms with E-state index in [2.05, 4.69) is 26.1 Å². The van der Waals surface area contributed by atoms with Gasteiger partial charge in [0, 0.05) is 12.5 Å². The Balaban J connectivity index is 2.12. The van der Waals surface area contributed by atoms with Crippen molar-refractivity contribution in [2.75, 3.05) is 13.7 Å². The second-order valence-electron chi connectivity index (χ2n) is 6.58. The molecule has 1 aromatic heterocycles. The summed E-state index contributed by atoms with van der Waals surface area (Å²) in [5, 5.41) is 7.71. The number of nitrogens with zero attached hydrogens (tertiary/aromatic N) is 3. The molecule has 6 heteroatoms. The van der Waals surface area contributed by atoms with E-state index in [-0.39, 0.29) is 11.8 Å². The molecule has 0 bridgehead atoms. The normalized spacial score (nSPS) is 14.9. The van der Waals surface area contributed by atoms with Gasteiger partial charge < -0.3 is 10.1 Å². The zero-order valence-corrected chi connectivity index (χ0v) is 15.9. The molecule has 1 atom stereocenters. The van der Waals surface area contributed by atoms with Crippen molar-refractivity contribution in [2.45, 2.75) is 46.1 Å². The topological polar surface area (TPSA) is 68.5 Å². The molecule has 0 saturated heterocycles. The first-order valence-corrected chi connectivity index (χ1v) is 9.19. The van der Waals surface area contributed by atoms with Crippen LogP contribution in [0.3, 0.4) is 0 Å². The third-order valence-electron chi connectivity index (χ3n) is 4.77. The van der Waals surface area contributed by atoms with E-state index in [0.29, 0.717) is 24.5 Å². The number of benzene rings is 1. The third kappa shape index (κ3) is 3.36. The molecular weight excluding hydrogens is 328 g/mol. The molecule has 1 N–H and O–H groups in total. The van der Waals surface area contributed by atoms with Gasteiger partial charge in [-0.2, -0.15) is 5.10 Å². The number of hydrogen-bond donors (Lipinski definition) is 1. The van der Waals surface area contributed by atoms with E-state index in [1.165, 1.54) is 0 Å². The maximum Gasteiger partial charge on any atom is 0.272 e. The summed E-state index contributed by atoms with van der Waals surface area (Å²) in [5.41, 5.74) is 4.00. The largest absolute Gasteiger partial charge is 0.497 e. The average molecular weight is 354 g/mol. The molecule has 26 heavy (non-hydrogen) atoms. The van der Waals surface area contributed by atoms with Crippen LogP contribution in [0, 0.1) is 0 Å². The van der Waals surface area contributed by atoms with Gasteiger partial charge >= 0.3 is 0 Å². The summed E-state index contributed by atoms with van der Waals surface area (Å²) in [4.78, 5) is 17.6. The van der Waals surface area contributed by atoms with Crippen LogP contribution in [0.1, 0.15) is 61.3 Å². The lowest BCUT2D eigenvalue weighted by molar-refractivity contribution is 0.0950. The maximum absolute atomic E-state index is 12.7. The van der Waals surface area contributed by atoms with Crippen LogP contribution in [-0.4, -0.2) is 35.1 Å². The van der Waals surface area contributed by atoms with Gasteiger partial charge in [-0.15, -0.1) is 0 Å². The Morgan fingerprint density at radius 2 is 2.00 bits per heavy atom. The molecule has 1 amide bonds. The summed E-state index contributed by atoms with van der Waals surface area (Å²) in [6.45, 7) is 7.44. The predicted octanol–water partition coefficient (Wildman–Crippen LogP) is 3.68. The minimum atomic E-state index is -0.109. The number of rotatable bonds is 6. The quantitative estimate of drug-likeness (QED) is 0.860. The Bertz CT molecular complexity index is 821. The van der Waals surface area contributed by atoms with E-state index < -0.39 is 0 Å². The zero-order chi connectivity index (χ0) is 18.7. The first kappa shape index (κ1) is 18.2. The number of amides is 1. The smallest absolute Gasteiger partial charge is 0.272 e. The van der Waals surface area contributed by atoms with Crippen LogP contribution in [0.4, 0.5) is 5.69 Å². The van der Waals surface area contributed by atoms with Crippen LogP contribution in [-0.2, 0) is 6.54 Å². The molecule has 1 aliphatic rings. The molecular formula is C20H26N4O2. The number of aromatic nitrogens is 2. The number of carbonyl (C=O) groups excluding carboxylic acids is 1. The summed E-state index contributed by atoms with van der Waals surface area (Å²) in [6.07, 6.45) is 1.86. The highest BCUT2D eigenvalue weighted by Crippen LogP contribution is 2.33. The van der Waals surface area contributed by atoms with Crippen molar-refractivity contribution in [2.24, 2.45) is 4.99 Å². The predicted molar refractivity (Wildman–Crippen MR) is 103 cm³/mol. The van der Waals surface area contributed by atoms with Crippen LogP contribution < -0.4 is 10.1 Å². The van der Waals surface area contributed by atoms with Crippen molar-refractivity contribution in [3.05, 3.63) is 41.2 Å². The molecule has 6 nitrogen and oxygen atoms in total. The van der Waals surface area contributed by atoms with Crippen LogP contribution in [0.25, 0.3) is 0 Å². The average Bonchev–Trinajstić information content (AvgIpc) is 2.92. The van der Waals surface area contributed by atoms with Gasteiger partial charge in [0.25, 0.3) is 5.91 Å². The van der Waals surface area contributed by atoms with Gasteiger partial charge in [0.1, 0.15) is 11.4 Å². The van der Waals surface area contributed by atoms with E-state index in [1.54, 1.807) is 7.11 Å². The highest BCUT2D eigenvalue weighted by Gasteiger charge is 2.28. The van der Waals surface area contributed by atoms with Gasteiger partial charge in [0.15, 0.2) is 5.69 Å². The lowest BCUT2D eigenvalue weighted by Crippen LogP contribution is -2.30. The van der Waals surface area contributed by atoms with E-state index in [4.69, 9.17) is 14.8 Å². The maximum atomic E-state index is 12.7. The van der Waals surface area contributed by atoms with Gasteiger partial charge in [-0.3, -0.25) is 9.48 Å². The fourth-order valence-corrected chi connectivity index (χ4v) is 3.08.